The van der Waals surface area contributed by atoms with Crippen LogP contribution in [0.15, 0.2) is 91.3 Å². The summed E-state index contributed by atoms with van der Waals surface area (Å²) in [6.45, 7) is 0.950. The summed E-state index contributed by atoms with van der Waals surface area (Å²) in [5, 5.41) is 7.19. The monoisotopic (exact) mass is 427 g/mol. The van der Waals surface area contributed by atoms with Crippen molar-refractivity contribution >= 4 is 11.6 Å². The third-order valence-corrected chi connectivity index (χ3v) is 4.94. The first-order chi connectivity index (χ1) is 15.7. The minimum atomic E-state index is -0.220. The average Bonchev–Trinajstić information content (AvgIpc) is 3.26. The fraction of sp³-hybridized carbons (Fsp3) is 0.120. The van der Waals surface area contributed by atoms with Gasteiger partial charge >= 0.3 is 0 Å². The van der Waals surface area contributed by atoms with E-state index in [0.717, 1.165) is 17.2 Å². The first kappa shape index (κ1) is 19.7. The Labute approximate surface area is 185 Å². The van der Waals surface area contributed by atoms with Gasteiger partial charge in [0.1, 0.15) is 18.1 Å². The van der Waals surface area contributed by atoms with Crippen LogP contribution in [0.25, 0.3) is 0 Å². The molecule has 3 aromatic carbocycles. The number of fused-ring (bicyclic) bond motifs is 1. The molecule has 1 aromatic heterocycles. The molecule has 1 amide bonds. The maximum atomic E-state index is 12.6. The minimum absolute atomic E-state index is 0.162. The average molecular weight is 427 g/mol. The van der Waals surface area contributed by atoms with Gasteiger partial charge in [0, 0.05) is 11.8 Å². The van der Waals surface area contributed by atoms with Crippen molar-refractivity contribution < 1.29 is 19.0 Å². The van der Waals surface area contributed by atoms with Crippen LogP contribution in [0.4, 0.5) is 5.69 Å². The summed E-state index contributed by atoms with van der Waals surface area (Å²) in [5.41, 5.74) is 1.13. The summed E-state index contributed by atoms with van der Waals surface area (Å²) in [4.78, 5) is 12.6. The molecule has 7 nitrogen and oxygen atoms in total. The highest BCUT2D eigenvalue weighted by Gasteiger charge is 2.21. The van der Waals surface area contributed by atoms with Gasteiger partial charge < -0.3 is 19.5 Å². The van der Waals surface area contributed by atoms with E-state index in [1.54, 1.807) is 41.3 Å². The minimum Gasteiger partial charge on any atom is -0.486 e. The summed E-state index contributed by atoms with van der Waals surface area (Å²) in [5.74, 6) is 2.66. The number of carbonyl (C=O) groups excluding carboxylic acids is 1. The van der Waals surface area contributed by atoms with E-state index in [4.69, 9.17) is 14.2 Å². The highest BCUT2D eigenvalue weighted by atomic mass is 16.6. The lowest BCUT2D eigenvalue weighted by Gasteiger charge is -2.26. The van der Waals surface area contributed by atoms with Crippen molar-refractivity contribution in [2.75, 3.05) is 11.9 Å². The van der Waals surface area contributed by atoms with Crippen LogP contribution in [-0.4, -0.2) is 28.4 Å². The van der Waals surface area contributed by atoms with Crippen molar-refractivity contribution in [2.45, 2.75) is 12.6 Å². The Morgan fingerprint density at radius 3 is 2.50 bits per heavy atom. The van der Waals surface area contributed by atoms with Gasteiger partial charge in [0.25, 0.3) is 5.91 Å². The first-order valence-electron chi connectivity index (χ1n) is 10.3. The molecule has 1 atom stereocenters. The third-order valence-electron chi connectivity index (χ3n) is 4.94. The van der Waals surface area contributed by atoms with Crippen LogP contribution in [0, 0.1) is 0 Å². The molecule has 0 fully saturated rings. The summed E-state index contributed by atoms with van der Waals surface area (Å²) < 4.78 is 19.2. The van der Waals surface area contributed by atoms with Gasteiger partial charge in [-0.25, -0.2) is 0 Å². The van der Waals surface area contributed by atoms with Crippen molar-refractivity contribution in [1.82, 2.24) is 9.78 Å². The summed E-state index contributed by atoms with van der Waals surface area (Å²) in [7, 11) is 0. The van der Waals surface area contributed by atoms with Crippen molar-refractivity contribution in [3.05, 3.63) is 96.8 Å². The lowest BCUT2D eigenvalue weighted by atomic mass is 10.2. The molecule has 0 saturated heterocycles. The zero-order valence-corrected chi connectivity index (χ0v) is 17.2. The van der Waals surface area contributed by atoms with Crippen LogP contribution in [0.2, 0.25) is 0 Å². The van der Waals surface area contributed by atoms with Crippen LogP contribution >= 0.6 is 0 Å². The Kier molecular flexibility index (Phi) is 5.45. The van der Waals surface area contributed by atoms with E-state index in [1.807, 2.05) is 54.6 Å². The summed E-state index contributed by atoms with van der Waals surface area (Å²) in [6.07, 6.45) is 3.22. The number of para-hydroxylation sites is 3. The second kappa shape index (κ2) is 8.85. The van der Waals surface area contributed by atoms with Crippen LogP contribution < -0.4 is 19.5 Å². The smallest absolute Gasteiger partial charge is 0.255 e. The van der Waals surface area contributed by atoms with Gasteiger partial charge in [-0.2, -0.15) is 5.10 Å². The number of carbonyl (C=O) groups is 1. The molecule has 2 heterocycles. The third kappa shape index (κ3) is 4.57. The quantitative estimate of drug-likeness (QED) is 0.480. The van der Waals surface area contributed by atoms with E-state index >= 15 is 0 Å². The number of rotatable bonds is 6. The SMILES string of the molecule is O=C(Nc1cnn(CC2COc3ccccc3O2)c1)c1ccc(Oc2ccccc2)cc1. The molecule has 0 aliphatic carbocycles. The second-order valence-electron chi connectivity index (χ2n) is 7.34. The van der Waals surface area contributed by atoms with E-state index in [0.29, 0.717) is 30.2 Å². The molecule has 32 heavy (non-hydrogen) atoms. The first-order valence-corrected chi connectivity index (χ1v) is 10.3. The molecule has 7 heteroatoms. The number of anilines is 1. The Bertz CT molecular complexity index is 1210. The number of hydrogen-bond donors (Lipinski definition) is 1. The fourth-order valence-corrected chi connectivity index (χ4v) is 3.39. The second-order valence-corrected chi connectivity index (χ2v) is 7.34. The van der Waals surface area contributed by atoms with Crippen molar-refractivity contribution in [3.8, 4) is 23.0 Å². The maximum absolute atomic E-state index is 12.6. The molecule has 1 N–H and O–H groups in total. The number of hydrogen-bond acceptors (Lipinski definition) is 5. The molecule has 0 saturated carbocycles. The zero-order valence-electron chi connectivity index (χ0n) is 17.2. The Balaban J connectivity index is 1.17. The lowest BCUT2D eigenvalue weighted by molar-refractivity contribution is 0.0759. The maximum Gasteiger partial charge on any atom is 0.255 e. The summed E-state index contributed by atoms with van der Waals surface area (Å²) >= 11 is 0. The molecule has 1 aliphatic rings. The van der Waals surface area contributed by atoms with E-state index in [-0.39, 0.29) is 12.0 Å². The number of amides is 1. The summed E-state index contributed by atoms with van der Waals surface area (Å²) in [6, 6.07) is 24.1. The van der Waals surface area contributed by atoms with E-state index in [1.165, 1.54) is 0 Å². The predicted octanol–water partition coefficient (Wildman–Crippen LogP) is 4.77. The molecule has 160 valence electrons. The number of aromatic nitrogens is 2. The number of nitrogens with one attached hydrogen (secondary N) is 1. The molecule has 1 unspecified atom stereocenters. The largest absolute Gasteiger partial charge is 0.486 e. The van der Waals surface area contributed by atoms with Crippen LogP contribution in [0.5, 0.6) is 23.0 Å². The normalized spacial score (nSPS) is 14.6. The van der Waals surface area contributed by atoms with Gasteiger partial charge in [-0.15, -0.1) is 0 Å². The standard InChI is InChI=1S/C25H21N3O4/c29-25(18-10-12-21(13-11-18)31-20-6-2-1-3-7-20)27-19-14-26-28(15-19)16-22-17-30-23-8-4-5-9-24(23)32-22/h1-15,22H,16-17H2,(H,27,29). The van der Waals surface area contributed by atoms with Crippen molar-refractivity contribution in [1.29, 1.82) is 0 Å². The van der Waals surface area contributed by atoms with E-state index < -0.39 is 0 Å². The zero-order chi connectivity index (χ0) is 21.8. The van der Waals surface area contributed by atoms with Crippen LogP contribution in [0.3, 0.4) is 0 Å². The number of ether oxygens (including phenoxy) is 3. The van der Waals surface area contributed by atoms with Gasteiger partial charge in [-0.3, -0.25) is 9.48 Å². The highest BCUT2D eigenvalue weighted by molar-refractivity contribution is 6.04. The fourth-order valence-electron chi connectivity index (χ4n) is 3.39. The molecule has 0 bridgehead atoms. The molecule has 1 aliphatic heterocycles. The Hall–Kier alpha value is -4.26. The van der Waals surface area contributed by atoms with Crippen LogP contribution in [-0.2, 0) is 6.54 Å². The molecule has 0 spiro atoms. The van der Waals surface area contributed by atoms with E-state index in [9.17, 15) is 4.79 Å². The van der Waals surface area contributed by atoms with Crippen LogP contribution in [0.1, 0.15) is 10.4 Å². The highest BCUT2D eigenvalue weighted by Crippen LogP contribution is 2.31. The van der Waals surface area contributed by atoms with Gasteiger partial charge in [-0.05, 0) is 48.5 Å². The molecular formula is C25H21N3O4. The Morgan fingerprint density at radius 1 is 0.969 bits per heavy atom. The molecule has 5 rings (SSSR count). The topological polar surface area (TPSA) is 74.6 Å². The van der Waals surface area contributed by atoms with Gasteiger partial charge in [0.2, 0.25) is 0 Å². The van der Waals surface area contributed by atoms with Gasteiger partial charge in [0.15, 0.2) is 17.6 Å². The number of nitrogens with zero attached hydrogens (tertiary/aromatic N) is 2. The Morgan fingerprint density at radius 2 is 1.69 bits per heavy atom. The van der Waals surface area contributed by atoms with Crippen molar-refractivity contribution in [3.63, 3.8) is 0 Å². The van der Waals surface area contributed by atoms with Gasteiger partial charge in [-0.1, -0.05) is 30.3 Å². The molecular weight excluding hydrogens is 406 g/mol. The molecule has 0 radical (unpaired) electrons. The van der Waals surface area contributed by atoms with Gasteiger partial charge in [0.05, 0.1) is 18.4 Å². The lowest BCUT2D eigenvalue weighted by Crippen LogP contribution is -2.33. The predicted molar refractivity (Wildman–Crippen MR) is 119 cm³/mol. The van der Waals surface area contributed by atoms with Crippen molar-refractivity contribution in [2.24, 2.45) is 0 Å². The number of benzene rings is 3. The van der Waals surface area contributed by atoms with E-state index in [2.05, 4.69) is 10.4 Å². The molecule has 4 aromatic rings.